The Bertz CT molecular complexity index is 848. The van der Waals surface area contributed by atoms with E-state index in [9.17, 15) is 4.79 Å². The van der Waals surface area contributed by atoms with Crippen LogP contribution < -0.4 is 11.3 Å². The second-order valence-electron chi connectivity index (χ2n) is 4.65. The van der Waals surface area contributed by atoms with Crippen LogP contribution in [0.25, 0.3) is 11.0 Å². The van der Waals surface area contributed by atoms with Gasteiger partial charge in [-0.05, 0) is 13.0 Å². The molecular formula is C13H14N6O. The van der Waals surface area contributed by atoms with Crippen molar-refractivity contribution in [3.8, 4) is 0 Å². The van der Waals surface area contributed by atoms with Gasteiger partial charge in [-0.25, -0.2) is 9.97 Å². The highest BCUT2D eigenvalue weighted by Crippen LogP contribution is 2.16. The molecule has 0 fully saturated rings. The van der Waals surface area contributed by atoms with Crippen LogP contribution in [0.5, 0.6) is 0 Å². The minimum atomic E-state index is -0.0558. The maximum atomic E-state index is 12.0. The molecule has 0 aromatic carbocycles. The number of anilines is 1. The molecule has 0 amide bonds. The number of hydrogen-bond acceptors (Lipinski definition) is 5. The molecule has 0 aliphatic heterocycles. The molecule has 0 spiro atoms. The minimum absolute atomic E-state index is 0.0558. The fourth-order valence-corrected chi connectivity index (χ4v) is 2.10. The van der Waals surface area contributed by atoms with Crippen LogP contribution in [0.4, 0.5) is 5.82 Å². The molecule has 0 saturated carbocycles. The van der Waals surface area contributed by atoms with E-state index in [1.165, 1.54) is 0 Å². The predicted octanol–water partition coefficient (Wildman–Crippen LogP) is 0.464. The van der Waals surface area contributed by atoms with Gasteiger partial charge in [-0.15, -0.1) is 0 Å². The molecule has 3 aromatic heterocycles. The third kappa shape index (κ3) is 1.93. The van der Waals surface area contributed by atoms with Gasteiger partial charge in [-0.2, -0.15) is 5.10 Å². The molecule has 0 aliphatic rings. The van der Waals surface area contributed by atoms with Gasteiger partial charge < -0.3 is 10.3 Å². The largest absolute Gasteiger partial charge is 0.383 e. The number of aromatic nitrogens is 5. The molecule has 7 nitrogen and oxygen atoms in total. The smallest absolute Gasteiger partial charge is 0.253 e. The van der Waals surface area contributed by atoms with Gasteiger partial charge >= 0.3 is 0 Å². The highest BCUT2D eigenvalue weighted by atomic mass is 16.1. The molecule has 2 N–H and O–H groups in total. The van der Waals surface area contributed by atoms with Gasteiger partial charge in [0, 0.05) is 18.8 Å². The maximum Gasteiger partial charge on any atom is 0.253 e. The van der Waals surface area contributed by atoms with Gasteiger partial charge in [0.2, 0.25) is 0 Å². The summed E-state index contributed by atoms with van der Waals surface area (Å²) in [5.74, 6) is 0.866. The van der Waals surface area contributed by atoms with E-state index in [1.807, 2.05) is 6.07 Å². The van der Waals surface area contributed by atoms with E-state index < -0.39 is 0 Å². The fourth-order valence-electron chi connectivity index (χ4n) is 2.10. The number of pyridine rings is 1. The van der Waals surface area contributed by atoms with Crippen LogP contribution in [0, 0.1) is 6.92 Å². The molecule has 3 aromatic rings. The van der Waals surface area contributed by atoms with Crippen molar-refractivity contribution in [1.82, 2.24) is 24.3 Å². The van der Waals surface area contributed by atoms with E-state index in [-0.39, 0.29) is 12.1 Å². The average Bonchev–Trinajstić information content (AvgIpc) is 2.78. The summed E-state index contributed by atoms with van der Waals surface area (Å²) in [6.45, 7) is 2.06. The summed E-state index contributed by atoms with van der Waals surface area (Å²) in [7, 11) is 1.79. The molecule has 0 unspecified atom stereocenters. The average molecular weight is 270 g/mol. The van der Waals surface area contributed by atoms with E-state index in [2.05, 4.69) is 15.1 Å². The fraction of sp³-hybridized carbons (Fsp3) is 0.231. The van der Waals surface area contributed by atoms with E-state index >= 15 is 0 Å². The predicted molar refractivity (Wildman–Crippen MR) is 75.3 cm³/mol. The lowest BCUT2D eigenvalue weighted by Crippen LogP contribution is -2.22. The van der Waals surface area contributed by atoms with Crippen LogP contribution in [0.15, 0.2) is 29.3 Å². The number of rotatable bonds is 2. The van der Waals surface area contributed by atoms with Gasteiger partial charge in [-0.3, -0.25) is 9.48 Å². The van der Waals surface area contributed by atoms with Crippen LogP contribution in [0.3, 0.4) is 0 Å². The zero-order chi connectivity index (χ0) is 14.3. The number of nitrogen functional groups attached to an aromatic ring is 1. The Kier molecular flexibility index (Phi) is 2.74. The van der Waals surface area contributed by atoms with E-state index in [4.69, 9.17) is 5.73 Å². The number of hydrogen-bond donors (Lipinski definition) is 1. The number of fused-ring (bicyclic) bond motifs is 1. The molecule has 102 valence electrons. The Morgan fingerprint density at radius 1 is 1.35 bits per heavy atom. The van der Waals surface area contributed by atoms with Crippen molar-refractivity contribution in [2.75, 3.05) is 5.73 Å². The Morgan fingerprint density at radius 3 is 2.95 bits per heavy atom. The molecule has 0 atom stereocenters. The third-order valence-electron chi connectivity index (χ3n) is 3.19. The van der Waals surface area contributed by atoms with Gasteiger partial charge in [0.05, 0.1) is 18.1 Å². The van der Waals surface area contributed by atoms with Gasteiger partial charge in [0.25, 0.3) is 5.56 Å². The summed E-state index contributed by atoms with van der Waals surface area (Å²) in [5, 5.41) is 4.82. The Hall–Kier alpha value is -2.70. The molecule has 0 aliphatic carbocycles. The lowest BCUT2D eigenvalue weighted by molar-refractivity contribution is 0.707. The van der Waals surface area contributed by atoms with Crippen molar-refractivity contribution in [2.24, 2.45) is 7.05 Å². The Balaban J connectivity index is 2.09. The Labute approximate surface area is 114 Å². The Morgan fingerprint density at radius 2 is 2.15 bits per heavy atom. The monoisotopic (exact) mass is 270 g/mol. The maximum absolute atomic E-state index is 12.0. The van der Waals surface area contributed by atoms with Crippen molar-refractivity contribution >= 4 is 16.9 Å². The first-order valence-electron chi connectivity index (χ1n) is 6.16. The molecule has 0 saturated heterocycles. The highest BCUT2D eigenvalue weighted by molar-refractivity contribution is 5.84. The van der Waals surface area contributed by atoms with Gasteiger partial charge in [0.1, 0.15) is 5.82 Å². The first-order valence-corrected chi connectivity index (χ1v) is 6.16. The normalized spacial score (nSPS) is 11.1. The standard InChI is InChI=1S/C13H14N6O/c1-8-4-3-5-19(13(8)20)7-10-16-11(14)9-6-15-18(2)12(9)17-10/h3-6H,7H2,1-2H3,(H2,14,16,17). The molecule has 0 bridgehead atoms. The van der Waals surface area contributed by atoms with Crippen LogP contribution >= 0.6 is 0 Å². The van der Waals surface area contributed by atoms with Crippen molar-refractivity contribution in [1.29, 1.82) is 0 Å². The highest BCUT2D eigenvalue weighted by Gasteiger charge is 2.10. The summed E-state index contributed by atoms with van der Waals surface area (Å²) < 4.78 is 3.20. The van der Waals surface area contributed by atoms with E-state index in [0.717, 1.165) is 0 Å². The number of nitrogens with two attached hydrogens (primary N) is 1. The van der Waals surface area contributed by atoms with Crippen molar-refractivity contribution in [3.05, 3.63) is 46.3 Å². The zero-order valence-electron chi connectivity index (χ0n) is 11.2. The molecule has 20 heavy (non-hydrogen) atoms. The third-order valence-corrected chi connectivity index (χ3v) is 3.19. The van der Waals surface area contributed by atoms with Crippen molar-refractivity contribution in [2.45, 2.75) is 13.5 Å². The molecule has 3 heterocycles. The van der Waals surface area contributed by atoms with Gasteiger partial charge in [0.15, 0.2) is 11.5 Å². The summed E-state index contributed by atoms with van der Waals surface area (Å²) in [6.07, 6.45) is 3.34. The topological polar surface area (TPSA) is 91.6 Å². The lowest BCUT2D eigenvalue weighted by atomic mass is 10.3. The number of aryl methyl sites for hydroxylation is 2. The SMILES string of the molecule is Cc1cccn(Cc2nc(N)c3cnn(C)c3n2)c1=O. The first-order chi connectivity index (χ1) is 9.56. The zero-order valence-corrected chi connectivity index (χ0v) is 11.2. The van der Waals surface area contributed by atoms with E-state index in [1.54, 1.807) is 41.7 Å². The first kappa shape index (κ1) is 12.3. The van der Waals surface area contributed by atoms with Crippen LogP contribution in [-0.4, -0.2) is 24.3 Å². The molecule has 7 heteroatoms. The summed E-state index contributed by atoms with van der Waals surface area (Å²) in [6, 6.07) is 3.60. The summed E-state index contributed by atoms with van der Waals surface area (Å²) in [5.41, 5.74) is 7.19. The summed E-state index contributed by atoms with van der Waals surface area (Å²) in [4.78, 5) is 20.6. The molecule has 3 rings (SSSR count). The second kappa shape index (κ2) is 4.44. The lowest BCUT2D eigenvalue weighted by Gasteiger charge is -2.06. The van der Waals surface area contributed by atoms with Crippen LogP contribution in [0.1, 0.15) is 11.4 Å². The molecule has 0 radical (unpaired) electrons. The summed E-state index contributed by atoms with van der Waals surface area (Å²) >= 11 is 0. The minimum Gasteiger partial charge on any atom is -0.383 e. The van der Waals surface area contributed by atoms with Crippen molar-refractivity contribution < 1.29 is 0 Å². The quantitative estimate of drug-likeness (QED) is 0.730. The van der Waals surface area contributed by atoms with Crippen LogP contribution in [-0.2, 0) is 13.6 Å². The van der Waals surface area contributed by atoms with Gasteiger partial charge in [-0.1, -0.05) is 6.07 Å². The number of nitrogens with zero attached hydrogens (tertiary/aromatic N) is 5. The van der Waals surface area contributed by atoms with Crippen LogP contribution in [0.2, 0.25) is 0 Å². The van der Waals surface area contributed by atoms with Crippen molar-refractivity contribution in [3.63, 3.8) is 0 Å². The second-order valence-corrected chi connectivity index (χ2v) is 4.65. The van der Waals surface area contributed by atoms with E-state index in [0.29, 0.717) is 28.2 Å². The molecular weight excluding hydrogens is 256 g/mol.